The van der Waals surface area contributed by atoms with Crippen molar-refractivity contribution in [1.82, 2.24) is 16.0 Å². The van der Waals surface area contributed by atoms with Crippen LogP contribution in [0.15, 0.2) is 18.2 Å². The number of benzene rings is 1. The highest BCUT2D eigenvalue weighted by Crippen LogP contribution is 2.32. The van der Waals surface area contributed by atoms with Gasteiger partial charge in [-0.3, -0.25) is 9.59 Å². The molecular weight excluding hydrogens is 366 g/mol. The molecule has 1 aliphatic rings. The van der Waals surface area contributed by atoms with Crippen molar-refractivity contribution in [1.29, 1.82) is 0 Å². The molecule has 0 radical (unpaired) electrons. The Bertz CT molecular complexity index is 714. The van der Waals surface area contributed by atoms with Gasteiger partial charge < -0.3 is 30.2 Å². The molecule has 0 aromatic heterocycles. The maximum absolute atomic E-state index is 12.1. The summed E-state index contributed by atoms with van der Waals surface area (Å²) >= 11 is 0. The van der Waals surface area contributed by atoms with Crippen LogP contribution in [0.3, 0.4) is 0 Å². The highest BCUT2D eigenvalue weighted by Gasteiger charge is 2.17. The number of hydrogen-bond acceptors (Lipinski definition) is 6. The van der Waals surface area contributed by atoms with Crippen LogP contribution < -0.4 is 25.4 Å². The molecule has 0 atom stereocenters. The lowest BCUT2D eigenvalue weighted by Crippen LogP contribution is -2.35. The molecule has 1 aliphatic heterocycles. The number of nitrogens with one attached hydrogen (secondary N) is 3. The van der Waals surface area contributed by atoms with Gasteiger partial charge in [-0.1, -0.05) is 0 Å². The Morgan fingerprint density at radius 1 is 1.00 bits per heavy atom. The van der Waals surface area contributed by atoms with E-state index in [9.17, 15) is 14.4 Å². The van der Waals surface area contributed by atoms with Crippen molar-refractivity contribution in [2.24, 2.45) is 0 Å². The summed E-state index contributed by atoms with van der Waals surface area (Å²) in [7, 11) is 0. The van der Waals surface area contributed by atoms with Crippen LogP contribution in [0, 0.1) is 0 Å². The van der Waals surface area contributed by atoms with Crippen molar-refractivity contribution in [2.75, 3.05) is 26.4 Å². The number of carbonyl (C=O) groups excluding carboxylic acids is 3. The summed E-state index contributed by atoms with van der Waals surface area (Å²) in [6, 6.07) is 5.00. The largest absolute Gasteiger partial charge is 0.454 e. The summed E-state index contributed by atoms with van der Waals surface area (Å²) in [5.74, 6) is 0.782. The maximum Gasteiger partial charge on any atom is 0.407 e. The van der Waals surface area contributed by atoms with Gasteiger partial charge in [0.15, 0.2) is 11.5 Å². The van der Waals surface area contributed by atoms with Gasteiger partial charge in [-0.2, -0.15) is 0 Å². The molecule has 0 unspecified atom stereocenters. The normalized spacial score (nSPS) is 12.2. The molecule has 0 saturated heterocycles. The van der Waals surface area contributed by atoms with E-state index in [0.717, 1.165) is 0 Å². The van der Waals surface area contributed by atoms with Gasteiger partial charge >= 0.3 is 6.09 Å². The molecular formula is C19H27N3O6. The number of ether oxygens (including phenoxy) is 3. The van der Waals surface area contributed by atoms with Crippen molar-refractivity contribution in [3.8, 4) is 11.5 Å². The number of alkyl carbamates (subject to hydrolysis) is 1. The Hall–Kier alpha value is -2.97. The first-order valence-electron chi connectivity index (χ1n) is 9.16. The zero-order valence-corrected chi connectivity index (χ0v) is 16.4. The van der Waals surface area contributed by atoms with E-state index in [4.69, 9.17) is 14.2 Å². The van der Waals surface area contributed by atoms with Crippen LogP contribution in [0.1, 0.15) is 44.0 Å². The summed E-state index contributed by atoms with van der Waals surface area (Å²) in [4.78, 5) is 35.3. The lowest BCUT2D eigenvalue weighted by molar-refractivity contribution is -0.120. The molecule has 0 bridgehead atoms. The minimum absolute atomic E-state index is 0.156. The highest BCUT2D eigenvalue weighted by atomic mass is 16.7. The van der Waals surface area contributed by atoms with Gasteiger partial charge in [0.25, 0.3) is 5.91 Å². The summed E-state index contributed by atoms with van der Waals surface area (Å²) in [6.07, 6.45) is 0.191. The molecule has 28 heavy (non-hydrogen) atoms. The van der Waals surface area contributed by atoms with Crippen LogP contribution in [-0.2, 0) is 9.53 Å². The SMILES string of the molecule is CC(C)(C)OC(=O)NCCC(=O)NCCCNC(=O)c1ccc2c(c1)OCO2. The molecule has 2 rings (SSSR count). The summed E-state index contributed by atoms with van der Waals surface area (Å²) in [5.41, 5.74) is -0.0845. The van der Waals surface area contributed by atoms with Crippen molar-refractivity contribution >= 4 is 17.9 Å². The van der Waals surface area contributed by atoms with Crippen molar-refractivity contribution < 1.29 is 28.6 Å². The van der Waals surface area contributed by atoms with Gasteiger partial charge in [-0.15, -0.1) is 0 Å². The molecule has 3 amide bonds. The molecule has 1 heterocycles. The second kappa shape index (κ2) is 9.82. The minimum atomic E-state index is -0.572. The van der Waals surface area contributed by atoms with Crippen LogP contribution >= 0.6 is 0 Å². The van der Waals surface area contributed by atoms with Gasteiger partial charge in [-0.05, 0) is 45.4 Å². The third kappa shape index (κ3) is 7.34. The van der Waals surface area contributed by atoms with E-state index < -0.39 is 11.7 Å². The van der Waals surface area contributed by atoms with Crippen molar-refractivity contribution in [3.63, 3.8) is 0 Å². The summed E-state index contributed by atoms with van der Waals surface area (Å²) in [6.45, 7) is 6.51. The first-order chi connectivity index (χ1) is 13.2. The quantitative estimate of drug-likeness (QED) is 0.578. The topological polar surface area (TPSA) is 115 Å². The molecule has 0 aliphatic carbocycles. The van der Waals surface area contributed by atoms with E-state index in [1.54, 1.807) is 39.0 Å². The minimum Gasteiger partial charge on any atom is -0.454 e. The molecule has 1 aromatic rings. The predicted molar refractivity (Wildman–Crippen MR) is 101 cm³/mol. The van der Waals surface area contributed by atoms with Crippen LogP contribution in [0.4, 0.5) is 4.79 Å². The number of rotatable bonds is 8. The standard InChI is InChI=1S/C19H27N3O6/c1-19(2,3)28-18(25)22-10-7-16(23)20-8-4-9-21-17(24)13-5-6-14-15(11-13)27-12-26-14/h5-6,11H,4,7-10,12H2,1-3H3,(H,20,23)(H,21,24)(H,22,25). The van der Waals surface area contributed by atoms with Gasteiger partial charge in [-0.25, -0.2) is 4.79 Å². The second-order valence-corrected chi connectivity index (χ2v) is 7.21. The third-order valence-electron chi connectivity index (χ3n) is 3.62. The maximum atomic E-state index is 12.1. The lowest BCUT2D eigenvalue weighted by Gasteiger charge is -2.19. The fourth-order valence-corrected chi connectivity index (χ4v) is 2.34. The monoisotopic (exact) mass is 393 g/mol. The molecule has 1 aromatic carbocycles. The Labute approximate surface area is 164 Å². The first-order valence-corrected chi connectivity index (χ1v) is 9.16. The van der Waals surface area contributed by atoms with Crippen molar-refractivity contribution in [3.05, 3.63) is 23.8 Å². The van der Waals surface area contributed by atoms with E-state index in [2.05, 4.69) is 16.0 Å². The van der Waals surface area contributed by atoms with Gasteiger partial charge in [0.05, 0.1) is 0 Å². The van der Waals surface area contributed by atoms with E-state index in [0.29, 0.717) is 36.6 Å². The average Bonchev–Trinajstić information content (AvgIpc) is 3.07. The number of fused-ring (bicyclic) bond motifs is 1. The molecule has 9 nitrogen and oxygen atoms in total. The number of hydrogen-bond donors (Lipinski definition) is 3. The van der Waals surface area contributed by atoms with E-state index in [-0.39, 0.29) is 31.6 Å². The fraction of sp³-hybridized carbons (Fsp3) is 0.526. The van der Waals surface area contributed by atoms with E-state index in [1.165, 1.54) is 0 Å². The Morgan fingerprint density at radius 3 is 2.46 bits per heavy atom. The zero-order valence-electron chi connectivity index (χ0n) is 16.4. The van der Waals surface area contributed by atoms with Crippen LogP contribution in [0.25, 0.3) is 0 Å². The molecule has 0 spiro atoms. The van der Waals surface area contributed by atoms with Crippen LogP contribution in [0.5, 0.6) is 11.5 Å². The van der Waals surface area contributed by atoms with Crippen LogP contribution in [0.2, 0.25) is 0 Å². The third-order valence-corrected chi connectivity index (χ3v) is 3.62. The molecule has 0 saturated carbocycles. The summed E-state index contributed by atoms with van der Waals surface area (Å²) in [5, 5.41) is 8.04. The van der Waals surface area contributed by atoms with Gasteiger partial charge in [0, 0.05) is 31.6 Å². The van der Waals surface area contributed by atoms with Gasteiger partial charge in [0.2, 0.25) is 12.7 Å². The molecule has 3 N–H and O–H groups in total. The molecule has 154 valence electrons. The van der Waals surface area contributed by atoms with E-state index >= 15 is 0 Å². The predicted octanol–water partition coefficient (Wildman–Crippen LogP) is 1.57. The lowest BCUT2D eigenvalue weighted by atomic mass is 10.2. The first kappa shape index (κ1) is 21.3. The van der Waals surface area contributed by atoms with Crippen LogP contribution in [-0.4, -0.2) is 49.9 Å². The summed E-state index contributed by atoms with van der Waals surface area (Å²) < 4.78 is 15.5. The Balaban J connectivity index is 1.54. The number of amides is 3. The average molecular weight is 393 g/mol. The zero-order chi connectivity index (χ0) is 20.6. The second-order valence-electron chi connectivity index (χ2n) is 7.21. The number of carbonyl (C=O) groups is 3. The Morgan fingerprint density at radius 2 is 1.71 bits per heavy atom. The highest BCUT2D eigenvalue weighted by molar-refractivity contribution is 5.94. The fourth-order valence-electron chi connectivity index (χ4n) is 2.34. The van der Waals surface area contributed by atoms with Crippen molar-refractivity contribution in [2.45, 2.75) is 39.2 Å². The van der Waals surface area contributed by atoms with E-state index in [1.807, 2.05) is 0 Å². The Kier molecular flexibility index (Phi) is 7.48. The smallest absolute Gasteiger partial charge is 0.407 e. The van der Waals surface area contributed by atoms with Gasteiger partial charge in [0.1, 0.15) is 5.60 Å². The molecule has 9 heteroatoms. The molecule has 0 fully saturated rings.